The lowest BCUT2D eigenvalue weighted by Crippen LogP contribution is -2.31. The maximum atomic E-state index is 11.5. The molecule has 3 heteroatoms. The zero-order valence-electron chi connectivity index (χ0n) is 8.57. The minimum Gasteiger partial charge on any atom is -0.392 e. The molecule has 0 aromatic carbocycles. The minimum absolute atomic E-state index is 0.0107. The highest BCUT2D eigenvalue weighted by Crippen LogP contribution is 1.99. The Labute approximate surface area is 85.0 Å². The van der Waals surface area contributed by atoms with Gasteiger partial charge in [0, 0.05) is 18.7 Å². The topological polar surface area (TPSA) is 40.5 Å². The van der Waals surface area contributed by atoms with Crippen LogP contribution >= 0.6 is 0 Å². The van der Waals surface area contributed by atoms with Crippen LogP contribution in [-0.2, 0) is 4.79 Å². The van der Waals surface area contributed by atoms with Gasteiger partial charge in [-0.3, -0.25) is 4.79 Å². The number of carbonyl (C=O) groups excluding carboxylic acids is 1. The number of aliphatic hydroxyl groups excluding tert-OH is 1. The average Bonchev–Trinajstić information content (AvgIpc) is 2.15. The van der Waals surface area contributed by atoms with Crippen LogP contribution in [0.15, 0.2) is 37.0 Å². The van der Waals surface area contributed by atoms with Crippen molar-refractivity contribution in [1.82, 2.24) is 4.90 Å². The molecule has 0 fully saturated rings. The number of aliphatic hydroxyl groups is 1. The Hall–Kier alpha value is -1.35. The Morgan fingerprint density at radius 2 is 2.07 bits per heavy atom. The molecule has 0 rings (SSSR count). The van der Waals surface area contributed by atoms with Crippen LogP contribution in [0.1, 0.15) is 6.92 Å². The Bertz CT molecular complexity index is 244. The summed E-state index contributed by atoms with van der Waals surface area (Å²) < 4.78 is 0. The van der Waals surface area contributed by atoms with Crippen molar-refractivity contribution in [3.05, 3.63) is 37.0 Å². The molecule has 0 aromatic heterocycles. The van der Waals surface area contributed by atoms with Crippen LogP contribution < -0.4 is 0 Å². The van der Waals surface area contributed by atoms with Gasteiger partial charge in [-0.1, -0.05) is 24.8 Å². The van der Waals surface area contributed by atoms with Gasteiger partial charge in [0.15, 0.2) is 0 Å². The summed E-state index contributed by atoms with van der Waals surface area (Å²) >= 11 is 0. The van der Waals surface area contributed by atoms with Crippen molar-refractivity contribution in [3.8, 4) is 0 Å². The molecule has 0 saturated carbocycles. The summed E-state index contributed by atoms with van der Waals surface area (Å²) in [5.74, 6) is -0.0903. The van der Waals surface area contributed by atoms with Crippen molar-refractivity contribution >= 4 is 5.91 Å². The molecule has 0 spiro atoms. The lowest BCUT2D eigenvalue weighted by atomic mass is 10.3. The Kier molecular flexibility index (Phi) is 6.41. The quantitative estimate of drug-likeness (QED) is 0.510. The highest BCUT2D eigenvalue weighted by Gasteiger charge is 2.10. The van der Waals surface area contributed by atoms with Gasteiger partial charge in [-0.15, -0.1) is 6.58 Å². The Morgan fingerprint density at radius 1 is 1.43 bits per heavy atom. The van der Waals surface area contributed by atoms with Crippen molar-refractivity contribution in [3.63, 3.8) is 0 Å². The molecule has 0 bridgehead atoms. The fourth-order valence-electron chi connectivity index (χ4n) is 0.942. The van der Waals surface area contributed by atoms with Crippen LogP contribution in [0.25, 0.3) is 0 Å². The van der Waals surface area contributed by atoms with Gasteiger partial charge in [0.2, 0.25) is 5.91 Å². The molecule has 0 aromatic rings. The molecule has 0 aliphatic heterocycles. The average molecular weight is 195 g/mol. The highest BCUT2D eigenvalue weighted by atomic mass is 16.2. The first-order valence-electron chi connectivity index (χ1n) is 4.45. The number of amides is 1. The number of hydrogen-bond acceptors (Lipinski definition) is 2. The van der Waals surface area contributed by atoms with Crippen molar-refractivity contribution in [1.29, 1.82) is 0 Å². The van der Waals surface area contributed by atoms with E-state index in [1.807, 2.05) is 0 Å². The molecule has 0 aliphatic rings. The minimum atomic E-state index is -0.0903. The third-order valence-electron chi connectivity index (χ3n) is 1.60. The summed E-state index contributed by atoms with van der Waals surface area (Å²) in [5.41, 5.74) is 0.504. The SMILES string of the molecule is C=CCN(C/C=C/CO)C(=O)C(=C)C. The van der Waals surface area contributed by atoms with Gasteiger partial charge in [-0.2, -0.15) is 0 Å². The summed E-state index contributed by atoms with van der Waals surface area (Å²) in [5, 5.41) is 8.53. The van der Waals surface area contributed by atoms with Gasteiger partial charge < -0.3 is 10.0 Å². The lowest BCUT2D eigenvalue weighted by Gasteiger charge is -2.19. The Morgan fingerprint density at radius 3 is 2.50 bits per heavy atom. The molecule has 0 aliphatic carbocycles. The largest absolute Gasteiger partial charge is 0.392 e. The van der Waals surface area contributed by atoms with E-state index in [2.05, 4.69) is 13.2 Å². The predicted octanol–water partition coefficient (Wildman–Crippen LogP) is 1.13. The first-order valence-corrected chi connectivity index (χ1v) is 4.45. The summed E-state index contributed by atoms with van der Waals surface area (Å²) in [6.45, 7) is 9.78. The summed E-state index contributed by atoms with van der Waals surface area (Å²) in [6, 6.07) is 0. The predicted molar refractivity (Wildman–Crippen MR) is 57.8 cm³/mol. The van der Waals surface area contributed by atoms with E-state index in [0.717, 1.165) is 0 Å². The third-order valence-corrected chi connectivity index (χ3v) is 1.60. The third kappa shape index (κ3) is 4.62. The van der Waals surface area contributed by atoms with Crippen LogP contribution in [0.2, 0.25) is 0 Å². The van der Waals surface area contributed by atoms with Gasteiger partial charge in [-0.05, 0) is 6.92 Å². The fraction of sp³-hybridized carbons (Fsp3) is 0.364. The Balaban J connectivity index is 4.27. The second kappa shape index (κ2) is 7.09. The molecule has 1 N–H and O–H groups in total. The highest BCUT2D eigenvalue weighted by molar-refractivity contribution is 5.92. The van der Waals surface area contributed by atoms with Gasteiger partial charge in [-0.25, -0.2) is 0 Å². The fourth-order valence-corrected chi connectivity index (χ4v) is 0.942. The van der Waals surface area contributed by atoms with E-state index in [0.29, 0.717) is 18.7 Å². The molecule has 0 unspecified atom stereocenters. The van der Waals surface area contributed by atoms with Crippen LogP contribution in [0.4, 0.5) is 0 Å². The monoisotopic (exact) mass is 195 g/mol. The van der Waals surface area contributed by atoms with Crippen molar-refractivity contribution in [2.45, 2.75) is 6.92 Å². The van der Waals surface area contributed by atoms with Gasteiger partial charge in [0.25, 0.3) is 0 Å². The zero-order chi connectivity index (χ0) is 11.0. The molecule has 0 radical (unpaired) electrons. The van der Waals surface area contributed by atoms with Crippen molar-refractivity contribution in [2.75, 3.05) is 19.7 Å². The van der Waals surface area contributed by atoms with Crippen LogP contribution in [-0.4, -0.2) is 35.6 Å². The second-order valence-electron chi connectivity index (χ2n) is 2.93. The first-order chi connectivity index (χ1) is 6.63. The van der Waals surface area contributed by atoms with E-state index in [1.54, 1.807) is 30.1 Å². The molecule has 0 heterocycles. The molecule has 1 amide bonds. The smallest absolute Gasteiger partial charge is 0.249 e. The van der Waals surface area contributed by atoms with E-state index < -0.39 is 0 Å². The molecule has 3 nitrogen and oxygen atoms in total. The molecule has 0 atom stereocenters. The molecule has 78 valence electrons. The number of rotatable bonds is 6. The van der Waals surface area contributed by atoms with E-state index in [4.69, 9.17) is 5.11 Å². The summed E-state index contributed by atoms with van der Waals surface area (Å²) in [6.07, 6.45) is 5.00. The maximum absolute atomic E-state index is 11.5. The molecular formula is C11H17NO2. The van der Waals surface area contributed by atoms with Crippen molar-refractivity contribution < 1.29 is 9.90 Å². The van der Waals surface area contributed by atoms with Crippen LogP contribution in [0, 0.1) is 0 Å². The second-order valence-corrected chi connectivity index (χ2v) is 2.93. The van der Waals surface area contributed by atoms with E-state index >= 15 is 0 Å². The lowest BCUT2D eigenvalue weighted by molar-refractivity contribution is -0.126. The summed E-state index contributed by atoms with van der Waals surface area (Å²) in [7, 11) is 0. The van der Waals surface area contributed by atoms with Crippen molar-refractivity contribution in [2.24, 2.45) is 0 Å². The number of hydrogen-bond donors (Lipinski definition) is 1. The van der Waals surface area contributed by atoms with Gasteiger partial charge in [0.1, 0.15) is 0 Å². The van der Waals surface area contributed by atoms with Gasteiger partial charge in [0.05, 0.1) is 6.61 Å². The number of carbonyl (C=O) groups is 1. The zero-order valence-corrected chi connectivity index (χ0v) is 8.57. The van der Waals surface area contributed by atoms with Crippen LogP contribution in [0.3, 0.4) is 0 Å². The summed E-state index contributed by atoms with van der Waals surface area (Å²) in [4.78, 5) is 13.1. The van der Waals surface area contributed by atoms with E-state index in [1.165, 1.54) is 0 Å². The van der Waals surface area contributed by atoms with E-state index in [9.17, 15) is 4.79 Å². The van der Waals surface area contributed by atoms with Crippen LogP contribution in [0.5, 0.6) is 0 Å². The molecular weight excluding hydrogens is 178 g/mol. The first kappa shape index (κ1) is 12.7. The normalized spacial score (nSPS) is 10.1. The maximum Gasteiger partial charge on any atom is 0.249 e. The van der Waals surface area contributed by atoms with E-state index in [-0.39, 0.29) is 12.5 Å². The standard InChI is InChI=1S/C11H17NO2/c1-4-7-12(8-5-6-9-13)11(14)10(2)3/h4-6,13H,1-2,7-9H2,3H3/b6-5+. The number of nitrogens with zero attached hydrogens (tertiary/aromatic N) is 1. The van der Waals surface area contributed by atoms with Gasteiger partial charge >= 0.3 is 0 Å². The molecule has 0 saturated heterocycles. The molecule has 14 heavy (non-hydrogen) atoms.